The van der Waals surface area contributed by atoms with Gasteiger partial charge >= 0.3 is 0 Å². The number of hydrogen-bond donors (Lipinski definition) is 1. The third-order valence-electron chi connectivity index (χ3n) is 5.58. The fourth-order valence-electron chi connectivity index (χ4n) is 4.09. The number of nitrogens with one attached hydrogen (secondary N) is 1. The first-order valence-electron chi connectivity index (χ1n) is 9.68. The molecule has 4 rings (SSSR count). The van der Waals surface area contributed by atoms with Crippen molar-refractivity contribution in [2.45, 2.75) is 31.2 Å². The number of nitrogens with zero attached hydrogens (tertiary/aromatic N) is 2. The van der Waals surface area contributed by atoms with Crippen LogP contribution in [0.1, 0.15) is 29.7 Å². The van der Waals surface area contributed by atoms with Crippen molar-refractivity contribution in [3.05, 3.63) is 83.7 Å². The zero-order valence-electron chi connectivity index (χ0n) is 16.3. The Morgan fingerprint density at radius 2 is 1.86 bits per heavy atom. The molecule has 6 heteroatoms. The molecule has 148 valence electrons. The molecule has 2 heterocycles. The summed E-state index contributed by atoms with van der Waals surface area (Å²) in [6, 6.07) is 19.5. The topological polar surface area (TPSA) is 75.4 Å². The molecule has 3 aromatic rings. The van der Waals surface area contributed by atoms with Crippen LogP contribution in [0.3, 0.4) is 0 Å². The van der Waals surface area contributed by atoms with Gasteiger partial charge in [-0.05, 0) is 30.0 Å². The SMILES string of the molecule is CN1C(=O)[C@@](CCC(=O)NCc2ccon2)(Cc2ccccc2)c2ccccc21. The molecule has 0 bridgehead atoms. The Balaban J connectivity index is 1.58. The van der Waals surface area contributed by atoms with E-state index in [4.69, 9.17) is 4.52 Å². The van der Waals surface area contributed by atoms with Crippen molar-refractivity contribution < 1.29 is 14.1 Å². The Labute approximate surface area is 169 Å². The summed E-state index contributed by atoms with van der Waals surface area (Å²) in [5.74, 6) is -0.0767. The first-order valence-corrected chi connectivity index (χ1v) is 9.68. The number of carbonyl (C=O) groups is 2. The number of fused-ring (bicyclic) bond motifs is 1. The number of para-hydroxylation sites is 1. The number of amides is 2. The molecular formula is C23H23N3O3. The minimum absolute atomic E-state index is 0.0341. The van der Waals surface area contributed by atoms with Crippen molar-refractivity contribution in [2.75, 3.05) is 11.9 Å². The van der Waals surface area contributed by atoms with Crippen LogP contribution in [0, 0.1) is 0 Å². The fraction of sp³-hybridized carbons (Fsp3) is 0.261. The quantitative estimate of drug-likeness (QED) is 0.673. The molecule has 29 heavy (non-hydrogen) atoms. The highest BCUT2D eigenvalue weighted by Gasteiger charge is 2.49. The molecule has 0 fully saturated rings. The summed E-state index contributed by atoms with van der Waals surface area (Å²) in [5, 5.41) is 6.65. The van der Waals surface area contributed by atoms with Gasteiger partial charge in [-0.15, -0.1) is 0 Å². The maximum absolute atomic E-state index is 13.4. The van der Waals surface area contributed by atoms with Crippen molar-refractivity contribution in [3.63, 3.8) is 0 Å². The third kappa shape index (κ3) is 3.66. The van der Waals surface area contributed by atoms with E-state index in [0.29, 0.717) is 25.1 Å². The Morgan fingerprint density at radius 3 is 2.62 bits per heavy atom. The van der Waals surface area contributed by atoms with Crippen LogP contribution >= 0.6 is 0 Å². The summed E-state index contributed by atoms with van der Waals surface area (Å²) < 4.78 is 4.78. The van der Waals surface area contributed by atoms with Crippen LogP contribution in [-0.2, 0) is 28.0 Å². The number of rotatable bonds is 7. The standard InChI is InChI=1S/C23H23N3O3/c1-26-20-10-6-5-9-19(20)23(22(26)28,15-17-7-3-2-4-8-17)13-11-21(27)24-16-18-12-14-29-25-18/h2-10,12,14H,11,13,15-16H2,1H3,(H,24,27)/t23-/m0/s1. The normalized spacial score (nSPS) is 18.0. The van der Waals surface area contributed by atoms with E-state index < -0.39 is 5.41 Å². The average Bonchev–Trinajstić information content (AvgIpc) is 3.34. The Hall–Kier alpha value is -3.41. The van der Waals surface area contributed by atoms with Gasteiger partial charge in [-0.25, -0.2) is 0 Å². The number of benzene rings is 2. The Bertz CT molecular complexity index is 1000. The largest absolute Gasteiger partial charge is 0.364 e. The summed E-state index contributed by atoms with van der Waals surface area (Å²) in [7, 11) is 1.80. The minimum Gasteiger partial charge on any atom is -0.364 e. The van der Waals surface area contributed by atoms with E-state index in [1.807, 2.05) is 54.6 Å². The van der Waals surface area contributed by atoms with Gasteiger partial charge in [-0.1, -0.05) is 53.7 Å². The summed E-state index contributed by atoms with van der Waals surface area (Å²) in [6.07, 6.45) is 2.72. The molecule has 0 aliphatic carbocycles. The second kappa shape index (κ2) is 7.91. The van der Waals surface area contributed by atoms with Gasteiger partial charge in [0.05, 0.1) is 12.0 Å². The molecule has 2 aromatic carbocycles. The van der Waals surface area contributed by atoms with Gasteiger partial charge in [-0.3, -0.25) is 9.59 Å². The second-order valence-corrected chi connectivity index (χ2v) is 7.39. The molecule has 2 amide bonds. The van der Waals surface area contributed by atoms with Gasteiger partial charge < -0.3 is 14.7 Å². The molecule has 0 saturated carbocycles. The lowest BCUT2D eigenvalue weighted by molar-refractivity contribution is -0.124. The van der Waals surface area contributed by atoms with Crippen molar-refractivity contribution in [2.24, 2.45) is 0 Å². The van der Waals surface area contributed by atoms with E-state index in [1.54, 1.807) is 18.0 Å². The second-order valence-electron chi connectivity index (χ2n) is 7.39. The van der Waals surface area contributed by atoms with E-state index in [2.05, 4.69) is 10.5 Å². The highest BCUT2D eigenvalue weighted by atomic mass is 16.5. The van der Waals surface area contributed by atoms with Crippen molar-refractivity contribution >= 4 is 17.5 Å². The number of carbonyl (C=O) groups excluding carboxylic acids is 2. The number of hydrogen-bond acceptors (Lipinski definition) is 4. The lowest BCUT2D eigenvalue weighted by atomic mass is 9.73. The predicted octanol–water partition coefficient (Wildman–Crippen LogP) is 3.23. The first-order chi connectivity index (χ1) is 14.1. The van der Waals surface area contributed by atoms with Crippen molar-refractivity contribution in [1.82, 2.24) is 10.5 Å². The van der Waals surface area contributed by atoms with Crippen molar-refractivity contribution in [1.29, 1.82) is 0 Å². The summed E-state index contributed by atoms with van der Waals surface area (Å²) >= 11 is 0. The maximum atomic E-state index is 13.4. The Morgan fingerprint density at radius 1 is 1.10 bits per heavy atom. The zero-order chi connectivity index (χ0) is 20.3. The van der Waals surface area contributed by atoms with Crippen LogP contribution in [0.2, 0.25) is 0 Å². The monoisotopic (exact) mass is 389 g/mol. The average molecular weight is 389 g/mol. The fourth-order valence-corrected chi connectivity index (χ4v) is 4.09. The van der Waals surface area contributed by atoms with E-state index in [0.717, 1.165) is 16.8 Å². The molecule has 1 aliphatic rings. The van der Waals surface area contributed by atoms with Gasteiger partial charge in [0.15, 0.2) is 0 Å². The molecule has 0 saturated heterocycles. The summed E-state index contributed by atoms with van der Waals surface area (Å²) in [4.78, 5) is 27.6. The lowest BCUT2D eigenvalue weighted by Gasteiger charge is -2.28. The van der Waals surface area contributed by atoms with Crippen LogP contribution in [0.25, 0.3) is 0 Å². The number of likely N-dealkylation sites (N-methyl/N-ethyl adjacent to an activating group) is 1. The molecule has 0 spiro atoms. The smallest absolute Gasteiger partial charge is 0.237 e. The van der Waals surface area contributed by atoms with Gasteiger partial charge in [0.1, 0.15) is 12.0 Å². The van der Waals surface area contributed by atoms with Crippen LogP contribution in [0.4, 0.5) is 5.69 Å². The number of aromatic nitrogens is 1. The van der Waals surface area contributed by atoms with Crippen LogP contribution in [0.5, 0.6) is 0 Å². The molecule has 6 nitrogen and oxygen atoms in total. The zero-order valence-corrected chi connectivity index (χ0v) is 16.3. The van der Waals surface area contributed by atoms with E-state index >= 15 is 0 Å². The molecule has 1 atom stereocenters. The van der Waals surface area contributed by atoms with E-state index in [-0.39, 0.29) is 18.2 Å². The highest BCUT2D eigenvalue weighted by molar-refractivity contribution is 6.08. The van der Waals surface area contributed by atoms with E-state index in [1.165, 1.54) is 6.26 Å². The van der Waals surface area contributed by atoms with Gasteiger partial charge in [0.2, 0.25) is 11.8 Å². The van der Waals surface area contributed by atoms with Gasteiger partial charge in [0.25, 0.3) is 0 Å². The molecule has 0 unspecified atom stereocenters. The van der Waals surface area contributed by atoms with E-state index in [9.17, 15) is 9.59 Å². The molecule has 1 aliphatic heterocycles. The third-order valence-corrected chi connectivity index (χ3v) is 5.58. The minimum atomic E-state index is -0.752. The molecule has 1 N–H and O–H groups in total. The first kappa shape index (κ1) is 18.9. The number of anilines is 1. The highest BCUT2D eigenvalue weighted by Crippen LogP contribution is 2.46. The van der Waals surface area contributed by atoms with Gasteiger partial charge in [-0.2, -0.15) is 0 Å². The summed E-state index contributed by atoms with van der Waals surface area (Å²) in [6.45, 7) is 0.311. The Kier molecular flexibility index (Phi) is 5.16. The molecule has 0 radical (unpaired) electrons. The van der Waals surface area contributed by atoms with Crippen LogP contribution in [0.15, 0.2) is 71.4 Å². The molecular weight excluding hydrogens is 366 g/mol. The molecule has 1 aromatic heterocycles. The predicted molar refractivity (Wildman–Crippen MR) is 109 cm³/mol. The van der Waals surface area contributed by atoms with Crippen LogP contribution in [-0.4, -0.2) is 24.0 Å². The maximum Gasteiger partial charge on any atom is 0.237 e. The van der Waals surface area contributed by atoms with Crippen molar-refractivity contribution in [3.8, 4) is 0 Å². The van der Waals surface area contributed by atoms with Gasteiger partial charge in [0, 0.05) is 25.2 Å². The summed E-state index contributed by atoms with van der Waals surface area (Å²) in [5.41, 5.74) is 2.89. The van der Waals surface area contributed by atoms with Crippen LogP contribution < -0.4 is 10.2 Å². The lowest BCUT2D eigenvalue weighted by Crippen LogP contribution is -2.41.